The molecule has 14 heavy (non-hydrogen) atoms. The quantitative estimate of drug-likeness (QED) is 0.377. The number of nitrogens with one attached hydrogen (secondary N) is 1. The van der Waals surface area contributed by atoms with E-state index in [0.29, 0.717) is 10.6 Å². The summed E-state index contributed by atoms with van der Waals surface area (Å²) in [5.41, 5.74) is 5.93. The van der Waals surface area contributed by atoms with Gasteiger partial charge in [-0.1, -0.05) is 18.7 Å². The Morgan fingerprint density at radius 2 is 2.50 bits per heavy atom. The van der Waals surface area contributed by atoms with E-state index in [9.17, 15) is 0 Å². The van der Waals surface area contributed by atoms with Gasteiger partial charge in [0.25, 0.3) is 0 Å². The van der Waals surface area contributed by atoms with Crippen molar-refractivity contribution in [2.24, 2.45) is 5.73 Å². The maximum atomic E-state index is 8.87. The second-order valence-electron chi connectivity index (χ2n) is 2.77. The van der Waals surface area contributed by atoms with Gasteiger partial charge in [0, 0.05) is 5.25 Å². The standard InChI is InChI=1S/C8H12N4OS/c1-5(4-13)14-8-6(7(9)10)2-3-11-12-8/h2-3,5,13H,4H2,1H3,(H3,9,10). The molecule has 0 radical (unpaired) electrons. The largest absolute Gasteiger partial charge is 0.395 e. The summed E-state index contributed by atoms with van der Waals surface area (Å²) in [6.07, 6.45) is 1.49. The van der Waals surface area contributed by atoms with Gasteiger partial charge in [-0.05, 0) is 6.07 Å². The van der Waals surface area contributed by atoms with E-state index < -0.39 is 0 Å². The van der Waals surface area contributed by atoms with E-state index in [1.165, 1.54) is 18.0 Å². The van der Waals surface area contributed by atoms with Crippen LogP contribution in [0.25, 0.3) is 0 Å². The Kier molecular flexibility index (Phi) is 3.84. The van der Waals surface area contributed by atoms with E-state index in [2.05, 4.69) is 10.2 Å². The van der Waals surface area contributed by atoms with Crippen LogP contribution < -0.4 is 5.73 Å². The smallest absolute Gasteiger partial charge is 0.130 e. The zero-order valence-electron chi connectivity index (χ0n) is 7.77. The molecule has 4 N–H and O–H groups in total. The van der Waals surface area contributed by atoms with Crippen LogP contribution in [-0.2, 0) is 0 Å². The first kappa shape index (κ1) is 10.9. The summed E-state index contributed by atoms with van der Waals surface area (Å²) in [5, 5.41) is 24.4. The molecule has 0 bridgehead atoms. The maximum absolute atomic E-state index is 8.87. The molecule has 1 unspecified atom stereocenters. The van der Waals surface area contributed by atoms with Gasteiger partial charge in [0.05, 0.1) is 18.4 Å². The van der Waals surface area contributed by atoms with Crippen molar-refractivity contribution in [3.8, 4) is 0 Å². The molecule has 0 aliphatic heterocycles. The van der Waals surface area contributed by atoms with Crippen LogP contribution in [0.4, 0.5) is 0 Å². The molecule has 1 atom stereocenters. The van der Waals surface area contributed by atoms with E-state index in [4.69, 9.17) is 16.2 Å². The van der Waals surface area contributed by atoms with Crippen LogP contribution in [0, 0.1) is 5.41 Å². The van der Waals surface area contributed by atoms with Gasteiger partial charge < -0.3 is 10.8 Å². The third-order valence-electron chi connectivity index (χ3n) is 1.55. The Hall–Kier alpha value is -1.14. The highest BCUT2D eigenvalue weighted by Gasteiger charge is 2.11. The molecule has 5 nitrogen and oxygen atoms in total. The summed E-state index contributed by atoms with van der Waals surface area (Å²) < 4.78 is 0. The number of rotatable bonds is 4. The van der Waals surface area contributed by atoms with Crippen LogP contribution in [0.1, 0.15) is 12.5 Å². The minimum Gasteiger partial charge on any atom is -0.395 e. The molecule has 76 valence electrons. The van der Waals surface area contributed by atoms with Crippen LogP contribution in [0.3, 0.4) is 0 Å². The molecule has 0 aliphatic carbocycles. The Bertz CT molecular complexity index is 331. The van der Waals surface area contributed by atoms with Gasteiger partial charge in [0.15, 0.2) is 0 Å². The Morgan fingerprint density at radius 3 is 3.07 bits per heavy atom. The molecule has 0 spiro atoms. The number of nitrogens with zero attached hydrogens (tertiary/aromatic N) is 2. The third-order valence-corrected chi connectivity index (χ3v) is 2.62. The molecule has 0 fully saturated rings. The van der Waals surface area contributed by atoms with Crippen molar-refractivity contribution >= 4 is 17.6 Å². The number of aromatic nitrogens is 2. The minimum absolute atomic E-state index is 0.0183. The lowest BCUT2D eigenvalue weighted by atomic mass is 10.3. The van der Waals surface area contributed by atoms with E-state index in [1.807, 2.05) is 6.92 Å². The first-order valence-electron chi connectivity index (χ1n) is 4.08. The fourth-order valence-corrected chi connectivity index (χ4v) is 1.69. The SMILES string of the molecule is CC(CO)Sc1nnccc1C(=N)N. The molecule has 1 aromatic rings. The second kappa shape index (κ2) is 4.92. The van der Waals surface area contributed by atoms with Crippen LogP contribution in [-0.4, -0.2) is 33.0 Å². The van der Waals surface area contributed by atoms with Gasteiger partial charge in [-0.25, -0.2) is 0 Å². The summed E-state index contributed by atoms with van der Waals surface area (Å²) >= 11 is 1.35. The molecule has 1 rings (SSSR count). The van der Waals surface area contributed by atoms with Crippen molar-refractivity contribution in [2.75, 3.05) is 6.61 Å². The highest BCUT2D eigenvalue weighted by molar-refractivity contribution is 7.99. The van der Waals surface area contributed by atoms with Crippen molar-refractivity contribution in [3.63, 3.8) is 0 Å². The summed E-state index contributed by atoms with van der Waals surface area (Å²) in [7, 11) is 0. The number of nitrogens with two attached hydrogens (primary N) is 1. The number of thioether (sulfide) groups is 1. The average Bonchev–Trinajstić information content (AvgIpc) is 2.18. The van der Waals surface area contributed by atoms with E-state index >= 15 is 0 Å². The molecule has 0 amide bonds. The van der Waals surface area contributed by atoms with Crippen LogP contribution >= 0.6 is 11.8 Å². The normalized spacial score (nSPS) is 12.4. The first-order chi connectivity index (χ1) is 6.65. The fourth-order valence-electron chi connectivity index (χ4n) is 0.839. The highest BCUT2D eigenvalue weighted by Crippen LogP contribution is 2.23. The molecular weight excluding hydrogens is 200 g/mol. The maximum Gasteiger partial charge on any atom is 0.130 e. The van der Waals surface area contributed by atoms with Crippen molar-refractivity contribution in [1.82, 2.24) is 10.2 Å². The fraction of sp³-hybridized carbons (Fsp3) is 0.375. The topological polar surface area (TPSA) is 95.9 Å². The van der Waals surface area contributed by atoms with Crippen LogP contribution in [0.5, 0.6) is 0 Å². The van der Waals surface area contributed by atoms with Crippen LogP contribution in [0.15, 0.2) is 17.3 Å². The van der Waals surface area contributed by atoms with Gasteiger partial charge >= 0.3 is 0 Å². The molecule has 6 heteroatoms. The third kappa shape index (κ3) is 2.68. The lowest BCUT2D eigenvalue weighted by Gasteiger charge is -2.08. The average molecular weight is 212 g/mol. The van der Waals surface area contributed by atoms with Crippen LogP contribution in [0.2, 0.25) is 0 Å². The molecular formula is C8H12N4OS. The molecule has 0 aliphatic rings. The van der Waals surface area contributed by atoms with Gasteiger partial charge in [-0.15, -0.1) is 5.10 Å². The predicted molar refractivity (Wildman–Crippen MR) is 55.5 cm³/mol. The van der Waals surface area contributed by atoms with E-state index in [-0.39, 0.29) is 17.7 Å². The first-order valence-corrected chi connectivity index (χ1v) is 4.96. The monoisotopic (exact) mass is 212 g/mol. The lowest BCUT2D eigenvalue weighted by Crippen LogP contribution is -2.14. The summed E-state index contributed by atoms with van der Waals surface area (Å²) in [6, 6.07) is 1.64. The van der Waals surface area contributed by atoms with Crippen molar-refractivity contribution in [2.45, 2.75) is 17.2 Å². The number of aliphatic hydroxyl groups excluding tert-OH is 1. The van der Waals surface area contributed by atoms with Gasteiger partial charge in [-0.2, -0.15) is 5.10 Å². The van der Waals surface area contributed by atoms with Crippen molar-refractivity contribution in [1.29, 1.82) is 5.41 Å². The second-order valence-corrected chi connectivity index (χ2v) is 4.20. The number of hydrogen-bond donors (Lipinski definition) is 3. The highest BCUT2D eigenvalue weighted by atomic mass is 32.2. The number of hydrogen-bond acceptors (Lipinski definition) is 5. The molecule has 0 saturated carbocycles. The Morgan fingerprint density at radius 1 is 1.79 bits per heavy atom. The zero-order valence-corrected chi connectivity index (χ0v) is 8.58. The molecule has 0 aromatic carbocycles. The molecule has 1 heterocycles. The number of amidine groups is 1. The van der Waals surface area contributed by atoms with Gasteiger partial charge in [0.1, 0.15) is 10.9 Å². The van der Waals surface area contributed by atoms with Gasteiger partial charge in [0.2, 0.25) is 0 Å². The lowest BCUT2D eigenvalue weighted by molar-refractivity contribution is 0.300. The predicted octanol–water partition coefficient (Wildman–Crippen LogP) is 0.234. The zero-order chi connectivity index (χ0) is 10.6. The summed E-state index contributed by atoms with van der Waals surface area (Å²) in [5.74, 6) is -0.0347. The van der Waals surface area contributed by atoms with E-state index in [1.54, 1.807) is 6.07 Å². The Balaban J connectivity index is 2.90. The summed E-state index contributed by atoms with van der Waals surface area (Å²) in [4.78, 5) is 0. The number of aliphatic hydroxyl groups is 1. The molecule has 1 aromatic heterocycles. The number of nitrogen functional groups attached to an aromatic ring is 1. The van der Waals surface area contributed by atoms with Crippen molar-refractivity contribution < 1.29 is 5.11 Å². The van der Waals surface area contributed by atoms with Crippen molar-refractivity contribution in [3.05, 3.63) is 17.8 Å². The van der Waals surface area contributed by atoms with Gasteiger partial charge in [-0.3, -0.25) is 5.41 Å². The summed E-state index contributed by atoms with van der Waals surface area (Å²) in [6.45, 7) is 1.92. The minimum atomic E-state index is -0.0347. The van der Waals surface area contributed by atoms with E-state index in [0.717, 1.165) is 0 Å². The Labute approximate surface area is 86.2 Å². The molecule has 0 saturated heterocycles.